The zero-order chi connectivity index (χ0) is 19.3. The van der Waals surface area contributed by atoms with Crippen LogP contribution in [0.15, 0.2) is 60.7 Å². The number of para-hydroxylation sites is 1. The average molecular weight is 362 g/mol. The molecule has 0 aliphatic rings. The average Bonchev–Trinajstić information content (AvgIpc) is 3.03. The first-order valence-corrected chi connectivity index (χ1v) is 9.13. The second kappa shape index (κ2) is 8.23. The van der Waals surface area contributed by atoms with Gasteiger partial charge < -0.3 is 15.0 Å². The topological polar surface area (TPSA) is 54.1 Å². The normalized spacial score (nSPS) is 12.0. The molecule has 0 bridgehead atoms. The molecule has 27 heavy (non-hydrogen) atoms. The number of amides is 1. The van der Waals surface area contributed by atoms with Gasteiger partial charge in [-0.15, -0.1) is 0 Å². The van der Waals surface area contributed by atoms with Crippen LogP contribution in [-0.4, -0.2) is 23.6 Å². The van der Waals surface area contributed by atoms with Gasteiger partial charge in [0.25, 0.3) is 0 Å². The zero-order valence-electron chi connectivity index (χ0n) is 16.1. The number of nitrogens with one attached hydrogen (secondary N) is 2. The maximum absolute atomic E-state index is 12.6. The van der Waals surface area contributed by atoms with Crippen molar-refractivity contribution < 1.29 is 9.53 Å². The number of methoxy groups -OCH3 is 1. The van der Waals surface area contributed by atoms with E-state index in [1.807, 2.05) is 80.6 Å². The van der Waals surface area contributed by atoms with Gasteiger partial charge in [-0.25, -0.2) is 0 Å². The van der Waals surface area contributed by atoms with Crippen LogP contribution in [0.5, 0.6) is 0 Å². The van der Waals surface area contributed by atoms with Crippen molar-refractivity contribution in [3.8, 4) is 0 Å². The van der Waals surface area contributed by atoms with E-state index in [-0.39, 0.29) is 11.5 Å². The van der Waals surface area contributed by atoms with Crippen molar-refractivity contribution in [2.45, 2.75) is 32.4 Å². The van der Waals surface area contributed by atoms with Crippen molar-refractivity contribution in [2.24, 2.45) is 0 Å². The van der Waals surface area contributed by atoms with E-state index in [0.29, 0.717) is 13.0 Å². The van der Waals surface area contributed by atoms with Gasteiger partial charge in [-0.1, -0.05) is 54.6 Å². The van der Waals surface area contributed by atoms with Crippen LogP contribution in [0.2, 0.25) is 0 Å². The molecule has 4 nitrogen and oxygen atoms in total. The fraction of sp³-hybridized carbons (Fsp3) is 0.261. The van der Waals surface area contributed by atoms with Gasteiger partial charge in [0.1, 0.15) is 0 Å². The van der Waals surface area contributed by atoms with E-state index in [0.717, 1.165) is 27.7 Å². The Morgan fingerprint density at radius 3 is 2.56 bits per heavy atom. The number of hydrogen-bond acceptors (Lipinski definition) is 2. The summed E-state index contributed by atoms with van der Waals surface area (Å²) >= 11 is 0. The first-order chi connectivity index (χ1) is 13.0. The summed E-state index contributed by atoms with van der Waals surface area (Å²) in [6.07, 6.45) is 4.33. The Hall–Kier alpha value is -2.85. The lowest BCUT2D eigenvalue weighted by Gasteiger charge is -2.17. The van der Waals surface area contributed by atoms with Crippen LogP contribution < -0.4 is 5.32 Å². The summed E-state index contributed by atoms with van der Waals surface area (Å²) in [5, 5.41) is 4.08. The summed E-state index contributed by atoms with van der Waals surface area (Å²) in [6.45, 7) is 4.53. The van der Waals surface area contributed by atoms with E-state index in [1.165, 1.54) is 0 Å². The minimum atomic E-state index is -0.371. The third kappa shape index (κ3) is 4.86. The maximum atomic E-state index is 12.6. The lowest BCUT2D eigenvalue weighted by Crippen LogP contribution is -2.24. The monoisotopic (exact) mass is 362 g/mol. The second-order valence-corrected chi connectivity index (χ2v) is 7.14. The van der Waals surface area contributed by atoms with E-state index < -0.39 is 0 Å². The van der Waals surface area contributed by atoms with Gasteiger partial charge in [-0.05, 0) is 37.1 Å². The van der Waals surface area contributed by atoms with Crippen LogP contribution in [0.1, 0.15) is 30.7 Å². The standard InChI is InChI=1S/C23H26N2O2/c1-23(2,27-3)14-13-21-19(18-11-7-8-12-20(18)25-21)15-22(26)24-16-17-9-5-4-6-10-17/h4-14,25H,15-16H2,1-3H3,(H,24,26)/b14-13+. The number of aromatic nitrogens is 1. The summed E-state index contributed by atoms with van der Waals surface area (Å²) in [4.78, 5) is 16.0. The highest BCUT2D eigenvalue weighted by Gasteiger charge is 2.15. The van der Waals surface area contributed by atoms with Crippen molar-refractivity contribution in [1.82, 2.24) is 10.3 Å². The number of rotatable bonds is 7. The Kier molecular flexibility index (Phi) is 5.77. The van der Waals surface area contributed by atoms with E-state index in [2.05, 4.69) is 10.3 Å². The number of H-pyrrole nitrogens is 1. The van der Waals surface area contributed by atoms with Crippen molar-refractivity contribution in [3.05, 3.63) is 77.5 Å². The minimum Gasteiger partial charge on any atom is -0.375 e. The summed E-state index contributed by atoms with van der Waals surface area (Å²) in [5.74, 6) is 0.00394. The van der Waals surface area contributed by atoms with Crippen LogP contribution in [0.4, 0.5) is 0 Å². The molecule has 3 rings (SSSR count). The molecule has 1 aromatic heterocycles. The molecule has 0 unspecified atom stereocenters. The number of hydrogen-bond donors (Lipinski definition) is 2. The van der Waals surface area contributed by atoms with Crippen LogP contribution in [-0.2, 0) is 22.5 Å². The molecule has 2 N–H and O–H groups in total. The fourth-order valence-corrected chi connectivity index (χ4v) is 2.93. The Balaban J connectivity index is 1.81. The number of ether oxygens (including phenoxy) is 1. The Labute approximate surface area is 160 Å². The number of fused-ring (bicyclic) bond motifs is 1. The molecule has 0 radical (unpaired) electrons. The SMILES string of the molecule is COC(C)(C)/C=C/c1[nH]c2ccccc2c1CC(=O)NCc1ccccc1. The number of aromatic amines is 1. The Morgan fingerprint density at radius 1 is 1.11 bits per heavy atom. The molecule has 140 valence electrons. The number of benzene rings is 2. The molecule has 0 aliphatic heterocycles. The van der Waals surface area contributed by atoms with Crippen LogP contribution in [0.3, 0.4) is 0 Å². The number of carbonyl (C=O) groups excluding carboxylic acids is 1. The predicted octanol–water partition coefficient (Wildman–Crippen LogP) is 4.47. The van der Waals surface area contributed by atoms with E-state index >= 15 is 0 Å². The van der Waals surface area contributed by atoms with E-state index in [4.69, 9.17) is 4.74 Å². The Bertz CT molecular complexity index is 939. The molecule has 1 amide bonds. The van der Waals surface area contributed by atoms with E-state index in [1.54, 1.807) is 7.11 Å². The van der Waals surface area contributed by atoms with Crippen molar-refractivity contribution in [1.29, 1.82) is 0 Å². The maximum Gasteiger partial charge on any atom is 0.224 e. The van der Waals surface area contributed by atoms with Gasteiger partial charge in [-0.3, -0.25) is 4.79 Å². The van der Waals surface area contributed by atoms with Crippen LogP contribution in [0, 0.1) is 0 Å². The third-order valence-electron chi connectivity index (χ3n) is 4.69. The van der Waals surface area contributed by atoms with Crippen molar-refractivity contribution in [2.75, 3.05) is 7.11 Å². The molecular weight excluding hydrogens is 336 g/mol. The molecule has 0 saturated heterocycles. The lowest BCUT2D eigenvalue weighted by atomic mass is 10.0. The molecule has 1 heterocycles. The first kappa shape index (κ1) is 18.9. The lowest BCUT2D eigenvalue weighted by molar-refractivity contribution is -0.120. The largest absolute Gasteiger partial charge is 0.375 e. The molecule has 3 aromatic rings. The molecule has 0 spiro atoms. The van der Waals surface area contributed by atoms with Crippen LogP contribution >= 0.6 is 0 Å². The van der Waals surface area contributed by atoms with Gasteiger partial charge in [0, 0.05) is 30.3 Å². The van der Waals surface area contributed by atoms with Gasteiger partial charge in [-0.2, -0.15) is 0 Å². The molecule has 0 aliphatic carbocycles. The molecule has 0 fully saturated rings. The highest BCUT2D eigenvalue weighted by Crippen LogP contribution is 2.25. The van der Waals surface area contributed by atoms with Crippen molar-refractivity contribution >= 4 is 22.9 Å². The summed E-state index contributed by atoms with van der Waals surface area (Å²) < 4.78 is 5.46. The van der Waals surface area contributed by atoms with Gasteiger partial charge in [0.2, 0.25) is 5.91 Å². The van der Waals surface area contributed by atoms with Gasteiger partial charge >= 0.3 is 0 Å². The minimum absolute atomic E-state index is 0.00394. The third-order valence-corrected chi connectivity index (χ3v) is 4.69. The van der Waals surface area contributed by atoms with E-state index in [9.17, 15) is 4.79 Å². The molecule has 0 saturated carbocycles. The molecule has 0 atom stereocenters. The molecule has 2 aromatic carbocycles. The fourth-order valence-electron chi connectivity index (χ4n) is 2.93. The molecular formula is C23H26N2O2. The predicted molar refractivity (Wildman–Crippen MR) is 110 cm³/mol. The molecule has 4 heteroatoms. The first-order valence-electron chi connectivity index (χ1n) is 9.13. The smallest absolute Gasteiger partial charge is 0.224 e. The van der Waals surface area contributed by atoms with Crippen molar-refractivity contribution in [3.63, 3.8) is 0 Å². The van der Waals surface area contributed by atoms with Gasteiger partial charge in [0.15, 0.2) is 0 Å². The highest BCUT2D eigenvalue weighted by atomic mass is 16.5. The quantitative estimate of drug-likeness (QED) is 0.652. The zero-order valence-corrected chi connectivity index (χ0v) is 16.1. The second-order valence-electron chi connectivity index (χ2n) is 7.14. The summed E-state index contributed by atoms with van der Waals surface area (Å²) in [7, 11) is 1.69. The summed E-state index contributed by atoms with van der Waals surface area (Å²) in [6, 6.07) is 18.0. The highest BCUT2D eigenvalue weighted by molar-refractivity contribution is 5.92. The van der Waals surface area contributed by atoms with Crippen LogP contribution in [0.25, 0.3) is 17.0 Å². The van der Waals surface area contributed by atoms with Gasteiger partial charge in [0.05, 0.1) is 12.0 Å². The Morgan fingerprint density at radius 2 is 1.81 bits per heavy atom. The summed E-state index contributed by atoms with van der Waals surface area (Å²) in [5.41, 5.74) is 3.69. The number of carbonyl (C=O) groups is 1.